The number of carbonyl (C=O) groups excluding carboxylic acids is 2. The van der Waals surface area contributed by atoms with Crippen LogP contribution >= 0.6 is 11.6 Å². The van der Waals surface area contributed by atoms with Gasteiger partial charge in [-0.2, -0.15) is 0 Å². The fourth-order valence-electron chi connectivity index (χ4n) is 1.63. The van der Waals surface area contributed by atoms with Crippen LogP contribution in [0.15, 0.2) is 18.2 Å². The molecular formula is C15H18ClNO6. The Morgan fingerprint density at radius 1 is 1.22 bits per heavy atom. The van der Waals surface area contributed by atoms with Crippen molar-refractivity contribution < 1.29 is 24.0 Å². The predicted octanol–water partition coefficient (Wildman–Crippen LogP) is 3.41. The minimum atomic E-state index is -0.611. The maximum absolute atomic E-state index is 11.5. The summed E-state index contributed by atoms with van der Waals surface area (Å²) in [5.74, 6) is -1.02. The molecular weight excluding hydrogens is 326 g/mol. The third-order valence-corrected chi connectivity index (χ3v) is 3.22. The van der Waals surface area contributed by atoms with Crippen LogP contribution in [0.3, 0.4) is 0 Å². The lowest BCUT2D eigenvalue weighted by Gasteiger charge is -2.06. The van der Waals surface area contributed by atoms with E-state index in [1.165, 1.54) is 18.2 Å². The highest BCUT2D eigenvalue weighted by atomic mass is 35.5. The summed E-state index contributed by atoms with van der Waals surface area (Å²) in [5.41, 5.74) is 0.194. The highest BCUT2D eigenvalue weighted by Crippen LogP contribution is 2.25. The van der Waals surface area contributed by atoms with Crippen LogP contribution < -0.4 is 0 Å². The molecule has 0 spiro atoms. The minimum Gasteiger partial charge on any atom is -0.466 e. The van der Waals surface area contributed by atoms with Gasteiger partial charge >= 0.3 is 11.9 Å². The van der Waals surface area contributed by atoms with Crippen molar-refractivity contribution in [1.82, 2.24) is 0 Å². The first kappa shape index (κ1) is 18.9. The van der Waals surface area contributed by atoms with E-state index < -0.39 is 16.9 Å². The summed E-state index contributed by atoms with van der Waals surface area (Å²) in [6, 6.07) is 4.14. The number of nitro groups is 1. The van der Waals surface area contributed by atoms with Crippen LogP contribution in [0.25, 0.3) is 0 Å². The van der Waals surface area contributed by atoms with Crippen LogP contribution in [0.4, 0.5) is 5.69 Å². The van der Waals surface area contributed by atoms with Gasteiger partial charge < -0.3 is 9.47 Å². The van der Waals surface area contributed by atoms with Crippen molar-refractivity contribution in [3.63, 3.8) is 0 Å². The molecule has 1 aromatic carbocycles. The summed E-state index contributed by atoms with van der Waals surface area (Å²) in [4.78, 5) is 33.0. The van der Waals surface area contributed by atoms with Crippen molar-refractivity contribution in [3.05, 3.63) is 38.9 Å². The second-order valence-corrected chi connectivity index (χ2v) is 5.18. The molecule has 1 rings (SSSR count). The van der Waals surface area contributed by atoms with Crippen molar-refractivity contribution in [2.24, 2.45) is 0 Å². The normalized spacial score (nSPS) is 10.2. The Morgan fingerprint density at radius 3 is 2.48 bits per heavy atom. The van der Waals surface area contributed by atoms with Crippen LogP contribution in [0.2, 0.25) is 5.02 Å². The first-order chi connectivity index (χ1) is 10.9. The first-order valence-corrected chi connectivity index (χ1v) is 7.56. The van der Waals surface area contributed by atoms with Gasteiger partial charge in [-0.15, -0.1) is 0 Å². The molecule has 0 fully saturated rings. The quantitative estimate of drug-likeness (QED) is 0.295. The molecule has 0 heterocycles. The number of carbonyl (C=O) groups is 2. The Bertz CT molecular complexity index is 575. The van der Waals surface area contributed by atoms with E-state index >= 15 is 0 Å². The van der Waals surface area contributed by atoms with E-state index in [9.17, 15) is 19.7 Å². The van der Waals surface area contributed by atoms with E-state index in [1.807, 2.05) is 6.92 Å². The molecule has 0 saturated heterocycles. The third-order valence-electron chi connectivity index (χ3n) is 2.90. The van der Waals surface area contributed by atoms with Gasteiger partial charge in [-0.1, -0.05) is 31.0 Å². The molecule has 23 heavy (non-hydrogen) atoms. The Balaban J connectivity index is 2.37. The maximum Gasteiger partial charge on any atom is 0.306 e. The van der Waals surface area contributed by atoms with Crippen LogP contribution in [-0.2, 0) is 25.7 Å². The van der Waals surface area contributed by atoms with Gasteiger partial charge in [0.1, 0.15) is 11.6 Å². The lowest BCUT2D eigenvalue weighted by molar-refractivity contribution is -0.384. The number of unbranched alkanes of at least 4 members (excludes halogenated alkanes) is 1. The molecule has 0 radical (unpaired) electrons. The summed E-state index contributed by atoms with van der Waals surface area (Å²) in [6.07, 6.45) is 1.55. The van der Waals surface area contributed by atoms with E-state index in [0.717, 1.165) is 12.8 Å². The van der Waals surface area contributed by atoms with Crippen molar-refractivity contribution in [2.75, 3.05) is 6.61 Å². The molecule has 0 saturated carbocycles. The topological polar surface area (TPSA) is 95.7 Å². The summed E-state index contributed by atoms with van der Waals surface area (Å²) in [5, 5.41) is 10.8. The Morgan fingerprint density at radius 2 is 1.87 bits per heavy atom. The summed E-state index contributed by atoms with van der Waals surface area (Å²) in [7, 11) is 0. The average molecular weight is 344 g/mol. The molecule has 0 atom stereocenters. The lowest BCUT2D eigenvalue weighted by Crippen LogP contribution is -2.11. The van der Waals surface area contributed by atoms with Crippen LogP contribution in [0, 0.1) is 10.1 Å². The summed E-state index contributed by atoms with van der Waals surface area (Å²) < 4.78 is 9.88. The third kappa shape index (κ3) is 7.10. The Labute approximate surface area is 138 Å². The summed E-state index contributed by atoms with van der Waals surface area (Å²) in [6.45, 7) is 2.20. The molecule has 7 nitrogen and oxygen atoms in total. The second-order valence-electron chi connectivity index (χ2n) is 4.78. The number of nitrogens with zero attached hydrogens (tertiary/aromatic N) is 1. The molecule has 8 heteroatoms. The van der Waals surface area contributed by atoms with Crippen molar-refractivity contribution in [2.45, 2.75) is 39.2 Å². The maximum atomic E-state index is 11.5. The van der Waals surface area contributed by atoms with Crippen LogP contribution in [0.1, 0.15) is 38.2 Å². The first-order valence-electron chi connectivity index (χ1n) is 7.18. The van der Waals surface area contributed by atoms with E-state index in [-0.39, 0.29) is 30.2 Å². The molecule has 1 aromatic rings. The Hall–Kier alpha value is -2.15. The smallest absolute Gasteiger partial charge is 0.306 e. The molecule has 0 N–H and O–H groups in total. The van der Waals surface area contributed by atoms with Gasteiger partial charge in [0.15, 0.2) is 0 Å². The number of ether oxygens (including phenoxy) is 2. The van der Waals surface area contributed by atoms with E-state index in [2.05, 4.69) is 0 Å². The van der Waals surface area contributed by atoms with E-state index in [0.29, 0.717) is 12.2 Å². The van der Waals surface area contributed by atoms with Gasteiger partial charge in [0.05, 0.1) is 24.4 Å². The van der Waals surface area contributed by atoms with Crippen LogP contribution in [0.5, 0.6) is 0 Å². The zero-order valence-corrected chi connectivity index (χ0v) is 13.5. The molecule has 0 bridgehead atoms. The number of hydrogen-bond donors (Lipinski definition) is 0. The molecule has 0 aliphatic heterocycles. The van der Waals surface area contributed by atoms with Gasteiger partial charge in [0.2, 0.25) is 0 Å². The number of nitro benzene ring substituents is 1. The average Bonchev–Trinajstić information content (AvgIpc) is 2.52. The number of esters is 2. The number of rotatable bonds is 9. The molecule has 0 aromatic heterocycles. The molecule has 0 amide bonds. The van der Waals surface area contributed by atoms with Gasteiger partial charge in [0.25, 0.3) is 5.69 Å². The zero-order chi connectivity index (χ0) is 17.2. The Kier molecular flexibility index (Phi) is 8.04. The standard InChI is InChI=1S/C15H18ClNO6/c1-2-3-8-22-14(18)6-7-15(19)23-10-11-4-5-12(16)13(9-11)17(20)21/h4-5,9H,2-3,6-8,10H2,1H3. The van der Waals surface area contributed by atoms with Gasteiger partial charge in [-0.25, -0.2) is 0 Å². The fraction of sp³-hybridized carbons (Fsp3) is 0.467. The molecule has 0 unspecified atom stereocenters. The van der Waals surface area contributed by atoms with Gasteiger partial charge in [-0.05, 0) is 18.1 Å². The van der Waals surface area contributed by atoms with Crippen molar-refractivity contribution in [3.8, 4) is 0 Å². The molecule has 0 aliphatic carbocycles. The number of halogens is 1. The number of hydrogen-bond acceptors (Lipinski definition) is 6. The monoisotopic (exact) mass is 343 g/mol. The largest absolute Gasteiger partial charge is 0.466 e. The van der Waals surface area contributed by atoms with Crippen LogP contribution in [-0.4, -0.2) is 23.5 Å². The molecule has 126 valence electrons. The summed E-state index contributed by atoms with van der Waals surface area (Å²) >= 11 is 5.69. The predicted molar refractivity (Wildman–Crippen MR) is 83.0 cm³/mol. The van der Waals surface area contributed by atoms with Crippen molar-refractivity contribution in [1.29, 1.82) is 0 Å². The van der Waals surface area contributed by atoms with Gasteiger partial charge in [-0.3, -0.25) is 19.7 Å². The SMILES string of the molecule is CCCCOC(=O)CCC(=O)OCc1ccc(Cl)c([N+](=O)[O-])c1. The lowest BCUT2D eigenvalue weighted by atomic mass is 10.2. The van der Waals surface area contributed by atoms with Crippen molar-refractivity contribution >= 4 is 29.2 Å². The minimum absolute atomic E-state index is 0.0138. The number of benzene rings is 1. The highest BCUT2D eigenvalue weighted by molar-refractivity contribution is 6.32. The fourth-order valence-corrected chi connectivity index (χ4v) is 1.82. The van der Waals surface area contributed by atoms with E-state index in [1.54, 1.807) is 0 Å². The van der Waals surface area contributed by atoms with E-state index in [4.69, 9.17) is 21.1 Å². The zero-order valence-electron chi connectivity index (χ0n) is 12.7. The highest BCUT2D eigenvalue weighted by Gasteiger charge is 2.14. The second kappa shape index (κ2) is 9.78. The van der Waals surface area contributed by atoms with Gasteiger partial charge in [0, 0.05) is 6.07 Å². The molecule has 0 aliphatic rings.